The Morgan fingerprint density at radius 1 is 1.43 bits per heavy atom. The molecule has 2 rings (SSSR count). The first-order chi connectivity index (χ1) is 9.97. The third kappa shape index (κ3) is 3.56. The first-order valence-electron chi connectivity index (χ1n) is 7.69. The van der Waals surface area contributed by atoms with E-state index in [2.05, 4.69) is 43.2 Å². The molecule has 4 heteroatoms. The first-order valence-corrected chi connectivity index (χ1v) is 7.69. The molecule has 21 heavy (non-hydrogen) atoms. The van der Waals surface area contributed by atoms with Gasteiger partial charge in [0.25, 0.3) is 0 Å². The van der Waals surface area contributed by atoms with E-state index in [4.69, 9.17) is 4.74 Å². The summed E-state index contributed by atoms with van der Waals surface area (Å²) in [6, 6.07) is 8.51. The SMILES string of the molecule is CCOC(=O)C1(Nc2ccc(C)cc2)CCN(C)C(C)C1. The van der Waals surface area contributed by atoms with E-state index in [1.165, 1.54) is 5.56 Å². The van der Waals surface area contributed by atoms with Gasteiger partial charge in [-0.3, -0.25) is 0 Å². The zero-order valence-corrected chi connectivity index (χ0v) is 13.5. The van der Waals surface area contributed by atoms with Crippen molar-refractivity contribution >= 4 is 11.7 Å². The molecule has 1 aromatic carbocycles. The van der Waals surface area contributed by atoms with Crippen molar-refractivity contribution in [1.29, 1.82) is 0 Å². The summed E-state index contributed by atoms with van der Waals surface area (Å²) in [5.41, 5.74) is 1.57. The number of aryl methyl sites for hydroxylation is 1. The Morgan fingerprint density at radius 2 is 2.10 bits per heavy atom. The molecule has 2 unspecified atom stereocenters. The van der Waals surface area contributed by atoms with Crippen LogP contribution in [0.15, 0.2) is 24.3 Å². The van der Waals surface area contributed by atoms with Crippen LogP contribution in [0.4, 0.5) is 5.69 Å². The summed E-state index contributed by atoms with van der Waals surface area (Å²) in [5.74, 6) is -0.134. The van der Waals surface area contributed by atoms with Crippen molar-refractivity contribution in [3.63, 3.8) is 0 Å². The Bertz CT molecular complexity index is 486. The summed E-state index contributed by atoms with van der Waals surface area (Å²) in [6.07, 6.45) is 1.52. The highest BCUT2D eigenvalue weighted by Gasteiger charge is 2.44. The fourth-order valence-electron chi connectivity index (χ4n) is 2.88. The van der Waals surface area contributed by atoms with Crippen molar-refractivity contribution in [3.8, 4) is 0 Å². The Morgan fingerprint density at radius 3 is 2.67 bits per heavy atom. The van der Waals surface area contributed by atoms with Crippen LogP contribution in [-0.4, -0.2) is 42.6 Å². The van der Waals surface area contributed by atoms with Crippen LogP contribution in [-0.2, 0) is 9.53 Å². The van der Waals surface area contributed by atoms with E-state index < -0.39 is 5.54 Å². The van der Waals surface area contributed by atoms with Gasteiger partial charge in [0.1, 0.15) is 5.54 Å². The second-order valence-electron chi connectivity index (χ2n) is 6.08. The summed E-state index contributed by atoms with van der Waals surface area (Å²) in [7, 11) is 2.10. The van der Waals surface area contributed by atoms with Crippen molar-refractivity contribution in [2.24, 2.45) is 0 Å². The molecule has 1 aromatic rings. The van der Waals surface area contributed by atoms with Gasteiger partial charge >= 0.3 is 5.97 Å². The summed E-state index contributed by atoms with van der Waals surface area (Å²) < 4.78 is 5.34. The normalized spacial score (nSPS) is 26.4. The number of hydrogen-bond donors (Lipinski definition) is 1. The van der Waals surface area contributed by atoms with Crippen LogP contribution in [0.5, 0.6) is 0 Å². The van der Waals surface area contributed by atoms with Gasteiger partial charge < -0.3 is 15.0 Å². The summed E-state index contributed by atoms with van der Waals surface area (Å²) in [6.45, 7) is 7.38. The van der Waals surface area contributed by atoms with Gasteiger partial charge in [-0.2, -0.15) is 0 Å². The smallest absolute Gasteiger partial charge is 0.331 e. The molecule has 0 aliphatic carbocycles. The maximum absolute atomic E-state index is 12.5. The number of likely N-dealkylation sites (tertiary alicyclic amines) is 1. The molecule has 0 saturated carbocycles. The van der Waals surface area contributed by atoms with E-state index in [1.807, 2.05) is 19.1 Å². The number of benzene rings is 1. The number of nitrogens with zero attached hydrogens (tertiary/aromatic N) is 1. The zero-order chi connectivity index (χ0) is 15.5. The third-order valence-corrected chi connectivity index (χ3v) is 4.39. The molecule has 1 N–H and O–H groups in total. The molecule has 0 aromatic heterocycles. The van der Waals surface area contributed by atoms with Gasteiger partial charge in [-0.05, 0) is 52.8 Å². The number of hydrogen-bond acceptors (Lipinski definition) is 4. The second-order valence-corrected chi connectivity index (χ2v) is 6.08. The van der Waals surface area contributed by atoms with Gasteiger partial charge in [-0.25, -0.2) is 4.79 Å². The largest absolute Gasteiger partial charge is 0.464 e. The molecule has 1 fully saturated rings. The minimum absolute atomic E-state index is 0.134. The number of piperidine rings is 1. The van der Waals surface area contributed by atoms with Crippen molar-refractivity contribution < 1.29 is 9.53 Å². The second kappa shape index (κ2) is 6.48. The summed E-state index contributed by atoms with van der Waals surface area (Å²) >= 11 is 0. The predicted octanol–water partition coefficient (Wildman–Crippen LogP) is 2.82. The van der Waals surface area contributed by atoms with Crippen LogP contribution in [0.25, 0.3) is 0 Å². The monoisotopic (exact) mass is 290 g/mol. The molecule has 0 amide bonds. The summed E-state index contributed by atoms with van der Waals surface area (Å²) in [5, 5.41) is 3.46. The minimum Gasteiger partial charge on any atom is -0.464 e. The fraction of sp³-hybridized carbons (Fsp3) is 0.588. The molecule has 2 atom stereocenters. The van der Waals surface area contributed by atoms with Crippen LogP contribution in [0.2, 0.25) is 0 Å². The van der Waals surface area contributed by atoms with Crippen molar-refractivity contribution in [1.82, 2.24) is 4.90 Å². The van der Waals surface area contributed by atoms with Gasteiger partial charge in [-0.1, -0.05) is 17.7 Å². The van der Waals surface area contributed by atoms with Crippen LogP contribution < -0.4 is 5.32 Å². The molecule has 1 aliphatic heterocycles. The molecule has 1 heterocycles. The highest BCUT2D eigenvalue weighted by atomic mass is 16.5. The minimum atomic E-state index is -0.614. The van der Waals surface area contributed by atoms with Gasteiger partial charge in [-0.15, -0.1) is 0 Å². The number of carbonyl (C=O) groups is 1. The lowest BCUT2D eigenvalue weighted by molar-refractivity contribution is -0.151. The molecular formula is C17H26N2O2. The van der Waals surface area contributed by atoms with Gasteiger partial charge in [0.15, 0.2) is 0 Å². The fourth-order valence-corrected chi connectivity index (χ4v) is 2.88. The number of anilines is 1. The Kier molecular flexibility index (Phi) is 4.88. The number of carbonyl (C=O) groups excluding carboxylic acids is 1. The summed E-state index contributed by atoms with van der Waals surface area (Å²) in [4.78, 5) is 14.8. The lowest BCUT2D eigenvalue weighted by Crippen LogP contribution is -2.57. The van der Waals surface area contributed by atoms with Gasteiger partial charge in [0, 0.05) is 18.3 Å². The number of nitrogens with one attached hydrogen (secondary N) is 1. The van der Waals surface area contributed by atoms with Crippen LogP contribution in [0, 0.1) is 6.92 Å². The maximum Gasteiger partial charge on any atom is 0.331 e. The lowest BCUT2D eigenvalue weighted by atomic mass is 9.83. The van der Waals surface area contributed by atoms with Gasteiger partial charge in [0.2, 0.25) is 0 Å². The standard InChI is InChI=1S/C17H26N2O2/c1-5-21-16(20)17(10-11-19(4)14(3)12-17)18-15-8-6-13(2)7-9-15/h6-9,14,18H,5,10-12H2,1-4H3. The predicted molar refractivity (Wildman–Crippen MR) is 85.5 cm³/mol. The van der Waals surface area contributed by atoms with E-state index in [1.54, 1.807) is 0 Å². The van der Waals surface area contributed by atoms with E-state index in [0.717, 1.165) is 25.1 Å². The molecule has 0 radical (unpaired) electrons. The van der Waals surface area contributed by atoms with E-state index in [0.29, 0.717) is 12.6 Å². The van der Waals surface area contributed by atoms with Crippen LogP contribution in [0.1, 0.15) is 32.3 Å². The highest BCUT2D eigenvalue weighted by molar-refractivity contribution is 5.85. The van der Waals surface area contributed by atoms with E-state index in [9.17, 15) is 4.79 Å². The van der Waals surface area contributed by atoms with E-state index in [-0.39, 0.29) is 5.97 Å². The zero-order valence-electron chi connectivity index (χ0n) is 13.5. The molecular weight excluding hydrogens is 264 g/mol. The van der Waals surface area contributed by atoms with Gasteiger partial charge in [0.05, 0.1) is 6.61 Å². The lowest BCUT2D eigenvalue weighted by Gasteiger charge is -2.43. The molecule has 1 aliphatic rings. The van der Waals surface area contributed by atoms with Crippen molar-refractivity contribution in [2.45, 2.75) is 45.2 Å². The number of ether oxygens (including phenoxy) is 1. The Labute approximate surface area is 127 Å². The number of rotatable bonds is 4. The van der Waals surface area contributed by atoms with E-state index >= 15 is 0 Å². The average molecular weight is 290 g/mol. The topological polar surface area (TPSA) is 41.6 Å². The molecule has 1 saturated heterocycles. The molecule has 0 spiro atoms. The third-order valence-electron chi connectivity index (χ3n) is 4.39. The average Bonchev–Trinajstić information content (AvgIpc) is 2.46. The van der Waals surface area contributed by atoms with Crippen LogP contribution in [0.3, 0.4) is 0 Å². The quantitative estimate of drug-likeness (QED) is 0.866. The molecule has 4 nitrogen and oxygen atoms in total. The number of esters is 1. The van der Waals surface area contributed by atoms with Crippen molar-refractivity contribution in [2.75, 3.05) is 25.5 Å². The van der Waals surface area contributed by atoms with Crippen LogP contribution >= 0.6 is 0 Å². The first kappa shape index (κ1) is 15.8. The Balaban J connectivity index is 2.23. The highest BCUT2D eigenvalue weighted by Crippen LogP contribution is 2.31. The molecule has 116 valence electrons. The van der Waals surface area contributed by atoms with Crippen molar-refractivity contribution in [3.05, 3.63) is 29.8 Å². The Hall–Kier alpha value is -1.55. The molecule has 0 bridgehead atoms. The maximum atomic E-state index is 12.5.